The van der Waals surface area contributed by atoms with Gasteiger partial charge in [-0.15, -0.1) is 11.3 Å². The molecule has 0 spiro atoms. The molecule has 1 aromatic carbocycles. The summed E-state index contributed by atoms with van der Waals surface area (Å²) in [6, 6.07) is 10.4. The molecule has 0 saturated heterocycles. The number of amides is 2. The molecule has 0 aliphatic heterocycles. The molecule has 0 aliphatic rings. The van der Waals surface area contributed by atoms with Crippen LogP contribution in [0.3, 0.4) is 0 Å². The van der Waals surface area contributed by atoms with Crippen molar-refractivity contribution in [2.24, 2.45) is 0 Å². The van der Waals surface area contributed by atoms with Gasteiger partial charge in [-0.25, -0.2) is 4.98 Å². The summed E-state index contributed by atoms with van der Waals surface area (Å²) in [5.74, 6) is -0.327. The second kappa shape index (κ2) is 8.34. The van der Waals surface area contributed by atoms with Gasteiger partial charge in [-0.05, 0) is 35.9 Å². The van der Waals surface area contributed by atoms with Crippen LogP contribution in [0, 0.1) is 0 Å². The van der Waals surface area contributed by atoms with Gasteiger partial charge in [0.25, 0.3) is 5.91 Å². The topological polar surface area (TPSA) is 88.6 Å². The van der Waals surface area contributed by atoms with E-state index in [1.54, 1.807) is 30.3 Å². The van der Waals surface area contributed by atoms with Crippen LogP contribution in [0.5, 0.6) is 0 Å². The zero-order valence-corrected chi connectivity index (χ0v) is 16.5. The van der Waals surface area contributed by atoms with E-state index in [9.17, 15) is 9.59 Å². The molecule has 9 heteroatoms. The van der Waals surface area contributed by atoms with Crippen LogP contribution in [0.25, 0.3) is 11.0 Å². The van der Waals surface area contributed by atoms with E-state index in [1.807, 2.05) is 28.1 Å². The molecular weight excluding hydrogens is 412 g/mol. The van der Waals surface area contributed by atoms with Gasteiger partial charge in [-0.3, -0.25) is 14.0 Å². The molecule has 0 aliphatic carbocycles. The minimum absolute atomic E-state index is 0.242. The summed E-state index contributed by atoms with van der Waals surface area (Å²) in [7, 11) is 0. The molecule has 0 unspecified atom stereocenters. The monoisotopic (exact) mass is 426 g/mol. The van der Waals surface area contributed by atoms with E-state index in [2.05, 4.69) is 15.6 Å². The molecule has 3 heterocycles. The van der Waals surface area contributed by atoms with Gasteiger partial charge in [0.15, 0.2) is 15.9 Å². The average molecular weight is 427 g/mol. The molecule has 4 aromatic rings. The van der Waals surface area contributed by atoms with E-state index >= 15 is 0 Å². The standard InChI is InChI=1S/C20H15ClN4O3S/c21-18-15(25-9-11-29-20(25)24-18)7-8-17(26)22-12-13-3-5-14(6-4-13)23-19(27)16-2-1-10-28-16/h1-11H,12H2,(H,22,26)(H,23,27)/b8-7+. The van der Waals surface area contributed by atoms with Crippen molar-refractivity contribution in [3.63, 3.8) is 0 Å². The summed E-state index contributed by atoms with van der Waals surface area (Å²) < 4.78 is 6.88. The summed E-state index contributed by atoms with van der Waals surface area (Å²) in [6.45, 7) is 0.351. The van der Waals surface area contributed by atoms with Crippen molar-refractivity contribution < 1.29 is 14.0 Å². The van der Waals surface area contributed by atoms with Crippen molar-refractivity contribution in [1.29, 1.82) is 0 Å². The number of aromatic nitrogens is 2. The summed E-state index contributed by atoms with van der Waals surface area (Å²) >= 11 is 7.57. The number of nitrogens with zero attached hydrogens (tertiary/aromatic N) is 2. The van der Waals surface area contributed by atoms with E-state index < -0.39 is 0 Å². The number of furan rings is 1. The maximum absolute atomic E-state index is 12.1. The Morgan fingerprint density at radius 1 is 1.24 bits per heavy atom. The quantitative estimate of drug-likeness (QED) is 0.452. The first kappa shape index (κ1) is 19.0. The van der Waals surface area contributed by atoms with Crippen molar-refractivity contribution in [3.8, 4) is 0 Å². The van der Waals surface area contributed by atoms with Gasteiger partial charge in [-0.2, -0.15) is 0 Å². The zero-order chi connectivity index (χ0) is 20.2. The van der Waals surface area contributed by atoms with Crippen LogP contribution < -0.4 is 10.6 Å². The number of imidazole rings is 1. The van der Waals surface area contributed by atoms with Crippen LogP contribution in [0.4, 0.5) is 5.69 Å². The van der Waals surface area contributed by atoms with Gasteiger partial charge in [-0.1, -0.05) is 23.7 Å². The molecule has 0 fully saturated rings. The van der Waals surface area contributed by atoms with Crippen LogP contribution in [-0.4, -0.2) is 21.2 Å². The number of thiazole rings is 1. The highest BCUT2D eigenvalue weighted by molar-refractivity contribution is 7.15. The molecule has 0 saturated carbocycles. The average Bonchev–Trinajstić information content (AvgIpc) is 3.44. The zero-order valence-electron chi connectivity index (χ0n) is 15.0. The molecule has 3 aromatic heterocycles. The van der Waals surface area contributed by atoms with Crippen LogP contribution in [0.15, 0.2) is 64.7 Å². The molecule has 0 atom stereocenters. The second-order valence-corrected chi connectivity index (χ2v) is 7.25. The number of rotatable bonds is 6. The first-order valence-electron chi connectivity index (χ1n) is 8.61. The SMILES string of the molecule is O=C(/C=C/c1c(Cl)nc2sccn12)NCc1ccc(NC(=O)c2ccco2)cc1. The molecule has 29 heavy (non-hydrogen) atoms. The van der Waals surface area contributed by atoms with Crippen molar-refractivity contribution in [2.75, 3.05) is 5.32 Å². The van der Waals surface area contributed by atoms with Gasteiger partial charge in [0, 0.05) is 29.9 Å². The van der Waals surface area contributed by atoms with Crippen molar-refractivity contribution >= 4 is 51.5 Å². The molecule has 4 rings (SSSR count). The second-order valence-electron chi connectivity index (χ2n) is 6.02. The third kappa shape index (κ3) is 4.39. The molecule has 0 radical (unpaired) electrons. The Kier molecular flexibility index (Phi) is 5.46. The van der Waals surface area contributed by atoms with E-state index in [-0.39, 0.29) is 17.6 Å². The minimum Gasteiger partial charge on any atom is -0.459 e. The minimum atomic E-state index is -0.320. The lowest BCUT2D eigenvalue weighted by Crippen LogP contribution is -2.20. The summed E-state index contributed by atoms with van der Waals surface area (Å²) in [4.78, 5) is 29.0. The fourth-order valence-corrected chi connectivity index (χ4v) is 3.64. The van der Waals surface area contributed by atoms with Crippen molar-refractivity contribution in [2.45, 2.75) is 6.54 Å². The molecule has 2 N–H and O–H groups in total. The van der Waals surface area contributed by atoms with Crippen LogP contribution >= 0.6 is 22.9 Å². The summed E-state index contributed by atoms with van der Waals surface area (Å²) in [6.07, 6.45) is 6.35. The largest absolute Gasteiger partial charge is 0.459 e. The Bertz CT molecular complexity index is 1180. The lowest BCUT2D eigenvalue weighted by molar-refractivity contribution is -0.116. The van der Waals surface area contributed by atoms with E-state index in [4.69, 9.17) is 16.0 Å². The van der Waals surface area contributed by atoms with Crippen LogP contribution in [0.2, 0.25) is 5.15 Å². The molecule has 2 amide bonds. The first-order valence-corrected chi connectivity index (χ1v) is 9.86. The predicted molar refractivity (Wildman–Crippen MR) is 112 cm³/mol. The Morgan fingerprint density at radius 2 is 2.07 bits per heavy atom. The number of anilines is 1. The number of carbonyl (C=O) groups is 2. The van der Waals surface area contributed by atoms with E-state index in [1.165, 1.54) is 23.7 Å². The molecule has 0 bridgehead atoms. The van der Waals surface area contributed by atoms with Crippen LogP contribution in [-0.2, 0) is 11.3 Å². The lowest BCUT2D eigenvalue weighted by Gasteiger charge is -2.06. The number of nitrogens with one attached hydrogen (secondary N) is 2. The maximum Gasteiger partial charge on any atom is 0.291 e. The summed E-state index contributed by atoms with van der Waals surface area (Å²) in [5, 5.41) is 7.80. The number of benzene rings is 1. The highest BCUT2D eigenvalue weighted by atomic mass is 35.5. The fourth-order valence-electron chi connectivity index (χ4n) is 2.64. The van der Waals surface area contributed by atoms with Crippen molar-refractivity contribution in [1.82, 2.24) is 14.7 Å². The number of fused-ring (bicyclic) bond motifs is 1. The highest BCUT2D eigenvalue weighted by Gasteiger charge is 2.10. The Morgan fingerprint density at radius 3 is 2.83 bits per heavy atom. The van der Waals surface area contributed by atoms with Gasteiger partial charge in [0.1, 0.15) is 0 Å². The van der Waals surface area contributed by atoms with Gasteiger partial charge < -0.3 is 15.1 Å². The molecule has 7 nitrogen and oxygen atoms in total. The molecular formula is C20H15ClN4O3S. The Hall–Kier alpha value is -3.36. The third-order valence-corrected chi connectivity index (χ3v) is 5.10. The predicted octanol–water partition coefficient (Wildman–Crippen LogP) is 4.22. The van der Waals surface area contributed by atoms with E-state index in [0.717, 1.165) is 10.5 Å². The number of halogens is 1. The van der Waals surface area contributed by atoms with Gasteiger partial charge >= 0.3 is 0 Å². The number of hydrogen-bond donors (Lipinski definition) is 2. The molecule has 146 valence electrons. The van der Waals surface area contributed by atoms with Crippen molar-refractivity contribution in [3.05, 3.63) is 82.5 Å². The van der Waals surface area contributed by atoms with Crippen LogP contribution in [0.1, 0.15) is 21.8 Å². The first-order chi connectivity index (χ1) is 14.1. The van der Waals surface area contributed by atoms with Gasteiger partial charge in [0.2, 0.25) is 5.91 Å². The third-order valence-electron chi connectivity index (χ3n) is 4.07. The number of hydrogen-bond acceptors (Lipinski definition) is 5. The maximum atomic E-state index is 12.1. The Balaban J connectivity index is 1.31. The summed E-state index contributed by atoms with van der Waals surface area (Å²) in [5.41, 5.74) is 2.19. The Labute approximate surface area is 174 Å². The number of carbonyl (C=O) groups excluding carboxylic acids is 2. The smallest absolute Gasteiger partial charge is 0.291 e. The normalized spacial score (nSPS) is 11.2. The highest BCUT2D eigenvalue weighted by Crippen LogP contribution is 2.22. The fraction of sp³-hybridized carbons (Fsp3) is 0.0500. The van der Waals surface area contributed by atoms with E-state index in [0.29, 0.717) is 23.1 Å². The lowest BCUT2D eigenvalue weighted by atomic mass is 10.2. The van der Waals surface area contributed by atoms with Gasteiger partial charge in [0.05, 0.1) is 12.0 Å².